The number of pyridine rings is 2. The molecule has 3 N–H and O–H groups in total. The maximum atomic E-state index is 6.72. The van der Waals surface area contributed by atoms with Gasteiger partial charge >= 0.3 is 0 Å². The van der Waals surface area contributed by atoms with Gasteiger partial charge < -0.3 is 15.6 Å². The number of nitrogens with zero attached hydrogens (tertiary/aromatic N) is 6. The molecule has 1 spiro atoms. The Bertz CT molecular complexity index is 1440. The van der Waals surface area contributed by atoms with Crippen molar-refractivity contribution in [1.29, 1.82) is 0 Å². The van der Waals surface area contributed by atoms with Crippen LogP contribution in [0.15, 0.2) is 46.8 Å². The highest BCUT2D eigenvalue weighted by atomic mass is 35.5. The first kappa shape index (κ1) is 22.4. The first-order valence-electron chi connectivity index (χ1n) is 12.6. The number of hydrogen-bond donors (Lipinski definition) is 2. The number of anilines is 1. The molecule has 1 saturated heterocycles. The van der Waals surface area contributed by atoms with Crippen molar-refractivity contribution in [3.05, 3.63) is 58.8 Å². The van der Waals surface area contributed by atoms with E-state index in [4.69, 9.17) is 27.3 Å². The van der Waals surface area contributed by atoms with E-state index in [-0.39, 0.29) is 11.5 Å². The molecule has 7 rings (SSSR count). The smallest absolute Gasteiger partial charge is 0.206 e. The van der Waals surface area contributed by atoms with Crippen LogP contribution in [0.4, 0.5) is 5.95 Å². The molecule has 4 aromatic heterocycles. The third-order valence-electron chi connectivity index (χ3n) is 8.03. The van der Waals surface area contributed by atoms with Crippen LogP contribution in [-0.2, 0) is 12.8 Å². The second-order valence-electron chi connectivity index (χ2n) is 10.3. The van der Waals surface area contributed by atoms with Crippen molar-refractivity contribution < 1.29 is 0 Å². The van der Waals surface area contributed by atoms with Crippen LogP contribution >= 0.6 is 23.4 Å². The van der Waals surface area contributed by atoms with Gasteiger partial charge in [0.15, 0.2) is 11.3 Å². The third-order valence-corrected chi connectivity index (χ3v) is 9.53. The van der Waals surface area contributed by atoms with Crippen LogP contribution in [-0.4, -0.2) is 43.0 Å². The summed E-state index contributed by atoms with van der Waals surface area (Å²) in [6, 6.07) is 4.10. The standard InChI is InChI=1S/C26H27ClN8S/c27-21-18(11-15-1-2-15)30-8-4-19(21)36-20-14-31-23-24(32-20)34-25(33-23)35-9-5-26(6-10-35)12-16-13-29-7-3-17(16)22(26)28/h3-4,7-8,13-15,22H,1-2,5-6,9-12,28H2,(H,31,32,33,34)/t22-/m1/s1. The van der Waals surface area contributed by atoms with Crippen LogP contribution < -0.4 is 10.6 Å². The second-order valence-corrected chi connectivity index (χ2v) is 11.8. The first-order valence-corrected chi connectivity index (χ1v) is 13.7. The summed E-state index contributed by atoms with van der Waals surface area (Å²) in [4.78, 5) is 29.6. The normalized spacial score (nSPS) is 20.8. The molecule has 1 aliphatic heterocycles. The van der Waals surface area contributed by atoms with Gasteiger partial charge in [-0.2, -0.15) is 4.98 Å². The van der Waals surface area contributed by atoms with Crippen LogP contribution in [0.3, 0.4) is 0 Å². The largest absolute Gasteiger partial charge is 0.342 e. The Hall–Kier alpha value is -2.75. The fourth-order valence-corrected chi connectivity index (χ4v) is 6.83. The summed E-state index contributed by atoms with van der Waals surface area (Å²) in [6.07, 6.45) is 14.0. The Morgan fingerprint density at radius 1 is 1.11 bits per heavy atom. The lowest BCUT2D eigenvalue weighted by Crippen LogP contribution is -2.44. The molecule has 4 aromatic rings. The van der Waals surface area contributed by atoms with E-state index in [2.05, 4.69) is 30.9 Å². The fourth-order valence-electron chi connectivity index (χ4n) is 5.72. The van der Waals surface area contributed by atoms with E-state index in [0.717, 1.165) is 71.3 Å². The minimum atomic E-state index is 0.0704. The maximum absolute atomic E-state index is 6.72. The van der Waals surface area contributed by atoms with Crippen molar-refractivity contribution in [3.63, 3.8) is 0 Å². The predicted molar refractivity (Wildman–Crippen MR) is 140 cm³/mol. The Labute approximate surface area is 218 Å². The molecular formula is C26H27ClN8S. The van der Waals surface area contributed by atoms with Gasteiger partial charge in [0.05, 0.1) is 16.9 Å². The highest BCUT2D eigenvalue weighted by Crippen LogP contribution is 2.50. The topological polar surface area (TPSA) is 110 Å². The summed E-state index contributed by atoms with van der Waals surface area (Å²) in [5, 5.41) is 1.51. The lowest BCUT2D eigenvalue weighted by atomic mass is 9.73. The van der Waals surface area contributed by atoms with Crippen LogP contribution in [0, 0.1) is 11.3 Å². The summed E-state index contributed by atoms with van der Waals surface area (Å²) in [7, 11) is 0. The van der Waals surface area contributed by atoms with Crippen molar-refractivity contribution >= 4 is 40.6 Å². The molecule has 3 aliphatic rings. The number of aromatic nitrogens is 6. The Morgan fingerprint density at radius 3 is 2.78 bits per heavy atom. The molecule has 0 bridgehead atoms. The summed E-state index contributed by atoms with van der Waals surface area (Å²) >= 11 is 8.19. The number of imidazole rings is 1. The lowest BCUT2D eigenvalue weighted by Gasteiger charge is -2.42. The van der Waals surface area contributed by atoms with Crippen molar-refractivity contribution in [1.82, 2.24) is 29.9 Å². The fraction of sp³-hybridized carbons (Fsp3) is 0.423. The van der Waals surface area contributed by atoms with E-state index < -0.39 is 0 Å². The molecule has 184 valence electrons. The number of rotatable bonds is 5. The molecule has 10 heteroatoms. The minimum absolute atomic E-state index is 0.0704. The second kappa shape index (κ2) is 8.68. The number of nitrogens with two attached hydrogens (primary N) is 1. The minimum Gasteiger partial charge on any atom is -0.342 e. The van der Waals surface area contributed by atoms with Gasteiger partial charge in [-0.15, -0.1) is 0 Å². The number of piperidine rings is 1. The number of aromatic amines is 1. The van der Waals surface area contributed by atoms with Gasteiger partial charge in [0.25, 0.3) is 0 Å². The molecular weight excluding hydrogens is 492 g/mol. The summed E-state index contributed by atoms with van der Waals surface area (Å²) < 4.78 is 0. The van der Waals surface area contributed by atoms with Gasteiger partial charge in [0, 0.05) is 42.6 Å². The Kier molecular flexibility index (Phi) is 5.41. The van der Waals surface area contributed by atoms with Gasteiger partial charge in [0.1, 0.15) is 5.03 Å². The maximum Gasteiger partial charge on any atom is 0.206 e. The zero-order valence-electron chi connectivity index (χ0n) is 19.8. The van der Waals surface area contributed by atoms with Crippen molar-refractivity contribution in [2.75, 3.05) is 18.0 Å². The predicted octanol–water partition coefficient (Wildman–Crippen LogP) is 4.74. The van der Waals surface area contributed by atoms with E-state index in [0.29, 0.717) is 11.3 Å². The molecule has 1 atom stereocenters. The summed E-state index contributed by atoms with van der Waals surface area (Å²) in [6.45, 7) is 1.79. The summed E-state index contributed by atoms with van der Waals surface area (Å²) in [5.74, 6) is 1.55. The van der Waals surface area contributed by atoms with Crippen LogP contribution in [0.5, 0.6) is 0 Å². The van der Waals surface area contributed by atoms with Crippen molar-refractivity contribution in [2.45, 2.75) is 54.5 Å². The number of nitrogens with one attached hydrogen (secondary N) is 1. The number of halogens is 1. The zero-order chi connectivity index (χ0) is 24.3. The van der Waals surface area contributed by atoms with Gasteiger partial charge in [-0.25, -0.2) is 9.97 Å². The molecule has 8 nitrogen and oxygen atoms in total. The zero-order valence-corrected chi connectivity index (χ0v) is 21.4. The highest BCUT2D eigenvalue weighted by Gasteiger charge is 2.46. The monoisotopic (exact) mass is 518 g/mol. The van der Waals surface area contributed by atoms with E-state index in [1.165, 1.54) is 35.7 Å². The van der Waals surface area contributed by atoms with Crippen molar-refractivity contribution in [2.24, 2.45) is 17.1 Å². The number of hydrogen-bond acceptors (Lipinski definition) is 8. The molecule has 1 saturated carbocycles. The Balaban J connectivity index is 1.07. The lowest BCUT2D eigenvalue weighted by molar-refractivity contribution is 0.187. The number of fused-ring (bicyclic) bond motifs is 2. The van der Waals surface area contributed by atoms with Gasteiger partial charge in [-0.3, -0.25) is 9.97 Å². The highest BCUT2D eigenvalue weighted by molar-refractivity contribution is 7.99. The van der Waals surface area contributed by atoms with Gasteiger partial charge in [0.2, 0.25) is 5.95 Å². The Morgan fingerprint density at radius 2 is 1.97 bits per heavy atom. The average Bonchev–Trinajstić information content (AvgIpc) is 3.55. The third kappa shape index (κ3) is 3.93. The van der Waals surface area contributed by atoms with Gasteiger partial charge in [-0.1, -0.05) is 23.4 Å². The average molecular weight is 519 g/mol. The molecule has 0 aromatic carbocycles. The molecule has 36 heavy (non-hydrogen) atoms. The molecule has 0 radical (unpaired) electrons. The van der Waals surface area contributed by atoms with Crippen LogP contribution in [0.1, 0.15) is 48.5 Å². The van der Waals surface area contributed by atoms with Crippen LogP contribution in [0.25, 0.3) is 11.3 Å². The summed E-state index contributed by atoms with van der Waals surface area (Å²) in [5.41, 5.74) is 11.7. The first-order chi connectivity index (χ1) is 17.6. The quantitative estimate of drug-likeness (QED) is 0.390. The molecule has 0 amide bonds. The molecule has 2 aliphatic carbocycles. The van der Waals surface area contributed by atoms with Crippen molar-refractivity contribution in [3.8, 4) is 0 Å². The van der Waals surface area contributed by atoms with Gasteiger partial charge in [-0.05, 0) is 73.1 Å². The van der Waals surface area contributed by atoms with E-state index in [1.54, 1.807) is 6.20 Å². The number of H-pyrrole nitrogens is 1. The molecule has 2 fully saturated rings. The van der Waals surface area contributed by atoms with E-state index >= 15 is 0 Å². The molecule has 5 heterocycles. The SMILES string of the molecule is N[C@@H]1c2ccncc2CC12CCN(c1nc3ncc(Sc4ccnc(CC5CC5)c4Cl)nc3[nH]1)CC2. The molecule has 0 unspecified atom stereocenters. The van der Waals surface area contributed by atoms with E-state index in [9.17, 15) is 0 Å². The van der Waals surface area contributed by atoms with E-state index in [1.807, 2.05) is 24.7 Å². The van der Waals surface area contributed by atoms with Crippen LogP contribution in [0.2, 0.25) is 5.02 Å².